The first kappa shape index (κ1) is 19.3. The number of amides is 1. The summed E-state index contributed by atoms with van der Waals surface area (Å²) in [6.07, 6.45) is 3.28. The molecule has 1 aliphatic rings. The molecule has 0 radical (unpaired) electrons. The van der Waals surface area contributed by atoms with Gasteiger partial charge in [-0.2, -0.15) is 0 Å². The van der Waals surface area contributed by atoms with Gasteiger partial charge in [-0.05, 0) is 63.3 Å². The SMILES string of the molecule is CN(C)c1ccc2c(=O)n([C@@H]3CCCN(C(=O)OC(C)(C)C)C3)ccc2c1. The molecule has 1 aliphatic heterocycles. The van der Waals surface area contributed by atoms with Crippen molar-refractivity contribution < 1.29 is 9.53 Å². The third-order valence-corrected chi connectivity index (χ3v) is 4.87. The molecule has 0 bridgehead atoms. The number of carbonyl (C=O) groups excluding carboxylic acids is 1. The van der Waals surface area contributed by atoms with Crippen LogP contribution in [-0.4, -0.2) is 48.3 Å². The molecule has 1 atom stereocenters. The van der Waals surface area contributed by atoms with Crippen LogP contribution in [0, 0.1) is 0 Å². The number of fused-ring (bicyclic) bond motifs is 1. The van der Waals surface area contributed by atoms with Gasteiger partial charge in [0.05, 0.1) is 6.04 Å². The van der Waals surface area contributed by atoms with Gasteiger partial charge in [-0.25, -0.2) is 4.79 Å². The second-order valence-electron chi connectivity index (χ2n) is 8.42. The van der Waals surface area contributed by atoms with E-state index in [1.807, 2.05) is 70.2 Å². The Balaban J connectivity index is 1.86. The van der Waals surface area contributed by atoms with Gasteiger partial charge in [0.25, 0.3) is 5.56 Å². The fourth-order valence-corrected chi connectivity index (χ4v) is 3.49. The van der Waals surface area contributed by atoms with Crippen molar-refractivity contribution in [2.24, 2.45) is 0 Å². The Kier molecular flexibility index (Phi) is 5.18. The summed E-state index contributed by atoms with van der Waals surface area (Å²) in [5, 5.41) is 1.64. The van der Waals surface area contributed by atoms with Gasteiger partial charge in [0, 0.05) is 44.5 Å². The van der Waals surface area contributed by atoms with Crippen molar-refractivity contribution in [1.82, 2.24) is 9.47 Å². The number of carbonyl (C=O) groups is 1. The highest BCUT2D eigenvalue weighted by Gasteiger charge is 2.28. The Bertz CT molecular complexity index is 896. The number of nitrogens with zero attached hydrogens (tertiary/aromatic N) is 3. The molecule has 0 saturated carbocycles. The smallest absolute Gasteiger partial charge is 0.410 e. The zero-order valence-corrected chi connectivity index (χ0v) is 16.9. The molecule has 2 aromatic rings. The Morgan fingerprint density at radius 2 is 1.96 bits per heavy atom. The number of piperidine rings is 1. The minimum Gasteiger partial charge on any atom is -0.444 e. The molecule has 2 heterocycles. The number of benzene rings is 1. The molecule has 0 unspecified atom stereocenters. The second kappa shape index (κ2) is 7.25. The molecule has 146 valence electrons. The van der Waals surface area contributed by atoms with E-state index in [0.717, 1.165) is 23.9 Å². The van der Waals surface area contributed by atoms with Gasteiger partial charge < -0.3 is 19.1 Å². The van der Waals surface area contributed by atoms with E-state index < -0.39 is 5.60 Å². The van der Waals surface area contributed by atoms with Gasteiger partial charge in [0.1, 0.15) is 5.60 Å². The zero-order chi connectivity index (χ0) is 19.8. The lowest BCUT2D eigenvalue weighted by Crippen LogP contribution is -2.44. The molecule has 1 fully saturated rings. The minimum atomic E-state index is -0.520. The van der Waals surface area contributed by atoms with Crippen molar-refractivity contribution in [3.8, 4) is 0 Å². The normalized spacial score (nSPS) is 17.8. The third kappa shape index (κ3) is 4.26. The first-order valence-corrected chi connectivity index (χ1v) is 9.46. The molecule has 6 nitrogen and oxygen atoms in total. The van der Waals surface area contributed by atoms with E-state index in [4.69, 9.17) is 4.74 Å². The number of anilines is 1. The maximum atomic E-state index is 13.0. The Hall–Kier alpha value is -2.50. The predicted octanol–water partition coefficient (Wildman–Crippen LogP) is 3.64. The van der Waals surface area contributed by atoms with E-state index >= 15 is 0 Å². The van der Waals surface area contributed by atoms with Crippen LogP contribution < -0.4 is 10.5 Å². The molecule has 3 rings (SSSR count). The van der Waals surface area contributed by atoms with Crippen molar-refractivity contribution in [1.29, 1.82) is 0 Å². The van der Waals surface area contributed by atoms with Crippen molar-refractivity contribution in [2.75, 3.05) is 32.1 Å². The van der Waals surface area contributed by atoms with E-state index in [0.29, 0.717) is 18.5 Å². The van der Waals surface area contributed by atoms with Gasteiger partial charge in [-0.15, -0.1) is 0 Å². The number of pyridine rings is 1. The molecule has 6 heteroatoms. The molecule has 1 aromatic carbocycles. The summed E-state index contributed by atoms with van der Waals surface area (Å²) >= 11 is 0. The fraction of sp³-hybridized carbons (Fsp3) is 0.524. The summed E-state index contributed by atoms with van der Waals surface area (Å²) in [5.74, 6) is 0. The molecule has 0 N–H and O–H groups in total. The number of rotatable bonds is 2. The van der Waals surface area contributed by atoms with Crippen LogP contribution in [0.3, 0.4) is 0 Å². The first-order valence-electron chi connectivity index (χ1n) is 9.46. The lowest BCUT2D eigenvalue weighted by Gasteiger charge is -2.35. The predicted molar refractivity (Wildman–Crippen MR) is 109 cm³/mol. The van der Waals surface area contributed by atoms with Crippen molar-refractivity contribution in [3.63, 3.8) is 0 Å². The standard InChI is InChI=1S/C21H29N3O3/c1-21(2,3)27-20(26)23-11-6-7-17(14-23)24-12-10-15-13-16(22(4)5)8-9-18(15)19(24)25/h8-10,12-13,17H,6-7,11,14H2,1-5H3/t17-/m1/s1. The lowest BCUT2D eigenvalue weighted by molar-refractivity contribution is 0.0171. The van der Waals surface area contributed by atoms with E-state index in [-0.39, 0.29) is 17.7 Å². The number of likely N-dealkylation sites (tertiary alicyclic amines) is 1. The van der Waals surface area contributed by atoms with Crippen molar-refractivity contribution >= 4 is 22.6 Å². The van der Waals surface area contributed by atoms with Crippen molar-refractivity contribution in [3.05, 3.63) is 40.8 Å². The molecular weight excluding hydrogens is 342 g/mol. The quantitative estimate of drug-likeness (QED) is 0.809. The molecule has 0 spiro atoms. The van der Waals surface area contributed by atoms with Gasteiger partial charge in [-0.3, -0.25) is 4.79 Å². The average Bonchev–Trinajstić information content (AvgIpc) is 2.60. The van der Waals surface area contributed by atoms with Crippen LogP contribution in [0.15, 0.2) is 35.3 Å². The molecule has 0 aliphatic carbocycles. The third-order valence-electron chi connectivity index (χ3n) is 4.87. The van der Waals surface area contributed by atoms with Crippen LogP contribution in [0.25, 0.3) is 10.8 Å². The summed E-state index contributed by atoms with van der Waals surface area (Å²) in [4.78, 5) is 29.2. The van der Waals surface area contributed by atoms with Gasteiger partial charge in [-0.1, -0.05) is 0 Å². The minimum absolute atomic E-state index is 0.00570. The topological polar surface area (TPSA) is 54.8 Å². The number of hydrogen-bond acceptors (Lipinski definition) is 4. The fourth-order valence-electron chi connectivity index (χ4n) is 3.49. The van der Waals surface area contributed by atoms with E-state index in [1.54, 1.807) is 9.47 Å². The first-order chi connectivity index (χ1) is 12.7. The summed E-state index contributed by atoms with van der Waals surface area (Å²) in [6.45, 7) is 6.75. The van der Waals surface area contributed by atoms with Crippen molar-refractivity contribution in [2.45, 2.75) is 45.3 Å². The summed E-state index contributed by atoms with van der Waals surface area (Å²) in [5.41, 5.74) is 0.538. The highest BCUT2D eigenvalue weighted by Crippen LogP contribution is 2.24. The maximum Gasteiger partial charge on any atom is 0.410 e. The van der Waals surface area contributed by atoms with Crippen LogP contribution in [0.1, 0.15) is 39.7 Å². The van der Waals surface area contributed by atoms with Gasteiger partial charge >= 0.3 is 6.09 Å². The van der Waals surface area contributed by atoms with Crippen LogP contribution in [-0.2, 0) is 4.74 Å². The monoisotopic (exact) mass is 371 g/mol. The maximum absolute atomic E-state index is 13.0. The Labute approximate surface area is 160 Å². The molecule has 1 aromatic heterocycles. The van der Waals surface area contributed by atoms with E-state index in [2.05, 4.69) is 0 Å². The average molecular weight is 371 g/mol. The largest absolute Gasteiger partial charge is 0.444 e. The highest BCUT2D eigenvalue weighted by molar-refractivity contribution is 5.85. The molecular formula is C21H29N3O3. The van der Waals surface area contributed by atoms with Crippen LogP contribution in [0.2, 0.25) is 0 Å². The molecule has 1 saturated heterocycles. The van der Waals surface area contributed by atoms with E-state index in [1.165, 1.54) is 0 Å². The van der Waals surface area contributed by atoms with Crippen LogP contribution in [0.4, 0.5) is 10.5 Å². The summed E-state index contributed by atoms with van der Waals surface area (Å²) in [6, 6.07) is 7.82. The highest BCUT2D eigenvalue weighted by atomic mass is 16.6. The van der Waals surface area contributed by atoms with Gasteiger partial charge in [0.2, 0.25) is 0 Å². The number of aromatic nitrogens is 1. The van der Waals surface area contributed by atoms with Crippen LogP contribution >= 0.6 is 0 Å². The zero-order valence-electron chi connectivity index (χ0n) is 16.9. The molecule has 1 amide bonds. The number of hydrogen-bond donors (Lipinski definition) is 0. The number of ether oxygens (including phenoxy) is 1. The lowest BCUT2D eigenvalue weighted by atomic mass is 10.0. The second-order valence-corrected chi connectivity index (χ2v) is 8.42. The van der Waals surface area contributed by atoms with Crippen LogP contribution in [0.5, 0.6) is 0 Å². The van der Waals surface area contributed by atoms with E-state index in [9.17, 15) is 9.59 Å². The summed E-state index contributed by atoms with van der Waals surface area (Å²) in [7, 11) is 3.96. The Morgan fingerprint density at radius 3 is 2.63 bits per heavy atom. The molecule has 27 heavy (non-hydrogen) atoms. The summed E-state index contributed by atoms with van der Waals surface area (Å²) < 4.78 is 7.26. The van der Waals surface area contributed by atoms with Gasteiger partial charge in [0.15, 0.2) is 0 Å². The Morgan fingerprint density at radius 1 is 1.22 bits per heavy atom.